The summed E-state index contributed by atoms with van der Waals surface area (Å²) in [5.74, 6) is 0.416. The third kappa shape index (κ3) is 3.96. The number of nitrogens with one attached hydrogen (secondary N) is 2. The Morgan fingerprint density at radius 1 is 1.32 bits per heavy atom. The summed E-state index contributed by atoms with van der Waals surface area (Å²) in [5.41, 5.74) is 2.54. The van der Waals surface area contributed by atoms with E-state index in [2.05, 4.69) is 15.3 Å². The first-order chi connectivity index (χ1) is 12.1. The lowest BCUT2D eigenvalue weighted by molar-refractivity contribution is -0.121. The molecule has 2 aromatic carbocycles. The summed E-state index contributed by atoms with van der Waals surface area (Å²) in [6.07, 6.45) is 0.826. The molecule has 0 unspecified atom stereocenters. The number of hydrogen-bond acceptors (Lipinski definition) is 3. The molecule has 1 amide bonds. The van der Waals surface area contributed by atoms with Crippen LogP contribution in [0, 0.1) is 5.82 Å². The molecule has 0 aliphatic rings. The Morgan fingerprint density at radius 2 is 2.12 bits per heavy atom. The number of nitrogens with zero attached hydrogens (tertiary/aromatic N) is 1. The van der Waals surface area contributed by atoms with E-state index in [4.69, 9.17) is 4.74 Å². The lowest BCUT2D eigenvalue weighted by Gasteiger charge is -2.15. The maximum atomic E-state index is 13.8. The van der Waals surface area contributed by atoms with Gasteiger partial charge in [0.1, 0.15) is 5.82 Å². The smallest absolute Gasteiger partial charge is 0.220 e. The molecule has 0 aliphatic carbocycles. The van der Waals surface area contributed by atoms with Crippen LogP contribution in [0.5, 0.6) is 5.75 Å². The number of amides is 1. The van der Waals surface area contributed by atoms with Gasteiger partial charge in [-0.25, -0.2) is 9.37 Å². The number of H-pyrrole nitrogens is 1. The van der Waals surface area contributed by atoms with Crippen LogP contribution in [0.2, 0.25) is 0 Å². The number of imidazole rings is 1. The van der Waals surface area contributed by atoms with E-state index >= 15 is 0 Å². The number of rotatable bonds is 6. The van der Waals surface area contributed by atoms with Crippen LogP contribution >= 0.6 is 0 Å². The zero-order chi connectivity index (χ0) is 17.8. The SMILES string of the molecule is COc1ccc([C@H](C)NC(=O)CCc2nc3ccccc3[nH]2)cc1F. The molecule has 0 spiro atoms. The number of para-hydroxylation sites is 2. The van der Waals surface area contributed by atoms with Crippen molar-refractivity contribution in [2.75, 3.05) is 7.11 Å². The molecule has 0 saturated heterocycles. The molecule has 3 aromatic rings. The van der Waals surface area contributed by atoms with Crippen molar-refractivity contribution in [3.05, 3.63) is 59.7 Å². The molecular formula is C19H20FN3O2. The standard InChI is InChI=1S/C19H20FN3O2/c1-12(13-7-8-17(25-2)14(20)11-13)21-19(24)10-9-18-22-15-5-3-4-6-16(15)23-18/h3-8,11-12H,9-10H2,1-2H3,(H,21,24)(H,22,23)/t12-/m0/s1. The minimum Gasteiger partial charge on any atom is -0.494 e. The van der Waals surface area contributed by atoms with Gasteiger partial charge < -0.3 is 15.0 Å². The molecule has 0 aliphatic heterocycles. The molecule has 1 atom stereocenters. The summed E-state index contributed by atoms with van der Waals surface area (Å²) in [6, 6.07) is 12.1. The molecule has 6 heteroatoms. The fraction of sp³-hybridized carbons (Fsp3) is 0.263. The van der Waals surface area contributed by atoms with Gasteiger partial charge in [0.05, 0.1) is 24.2 Å². The normalized spacial score (nSPS) is 12.1. The number of aromatic nitrogens is 2. The van der Waals surface area contributed by atoms with Crippen LogP contribution in [0.3, 0.4) is 0 Å². The monoisotopic (exact) mass is 341 g/mol. The van der Waals surface area contributed by atoms with Crippen molar-refractivity contribution in [3.8, 4) is 5.75 Å². The van der Waals surface area contributed by atoms with Crippen molar-refractivity contribution in [3.63, 3.8) is 0 Å². The second-order valence-electron chi connectivity index (χ2n) is 5.88. The number of carbonyl (C=O) groups is 1. The van der Waals surface area contributed by atoms with Crippen LogP contribution in [0.15, 0.2) is 42.5 Å². The number of ether oxygens (including phenoxy) is 1. The molecule has 2 N–H and O–H groups in total. The van der Waals surface area contributed by atoms with Crippen molar-refractivity contribution in [1.29, 1.82) is 0 Å². The quantitative estimate of drug-likeness (QED) is 0.721. The van der Waals surface area contributed by atoms with Gasteiger partial charge in [-0.15, -0.1) is 0 Å². The Balaban J connectivity index is 1.57. The average molecular weight is 341 g/mol. The number of aromatic amines is 1. The van der Waals surface area contributed by atoms with E-state index in [9.17, 15) is 9.18 Å². The number of benzene rings is 2. The predicted octanol–water partition coefficient (Wildman–Crippen LogP) is 3.52. The van der Waals surface area contributed by atoms with Gasteiger partial charge in [-0.1, -0.05) is 18.2 Å². The number of halogens is 1. The molecule has 3 rings (SSSR count). The van der Waals surface area contributed by atoms with Gasteiger partial charge in [-0.05, 0) is 36.8 Å². The molecule has 1 aromatic heterocycles. The van der Waals surface area contributed by atoms with E-state index in [-0.39, 0.29) is 17.7 Å². The zero-order valence-electron chi connectivity index (χ0n) is 14.2. The average Bonchev–Trinajstić information content (AvgIpc) is 3.03. The Labute approximate surface area is 145 Å². The second kappa shape index (κ2) is 7.34. The number of aryl methyl sites for hydroxylation is 1. The van der Waals surface area contributed by atoms with Crippen LogP contribution in [-0.2, 0) is 11.2 Å². The first-order valence-corrected chi connectivity index (χ1v) is 8.13. The summed E-state index contributed by atoms with van der Waals surface area (Å²) >= 11 is 0. The molecule has 1 heterocycles. The molecule has 0 bridgehead atoms. The highest BCUT2D eigenvalue weighted by Crippen LogP contribution is 2.21. The maximum absolute atomic E-state index is 13.8. The molecule has 5 nitrogen and oxygen atoms in total. The lowest BCUT2D eigenvalue weighted by Crippen LogP contribution is -2.27. The van der Waals surface area contributed by atoms with Crippen LogP contribution in [0.4, 0.5) is 4.39 Å². The van der Waals surface area contributed by atoms with E-state index < -0.39 is 5.82 Å². The van der Waals surface area contributed by atoms with Gasteiger partial charge in [0, 0.05) is 12.8 Å². The third-order valence-electron chi connectivity index (χ3n) is 4.08. The number of methoxy groups -OCH3 is 1. The van der Waals surface area contributed by atoms with Crippen molar-refractivity contribution >= 4 is 16.9 Å². The number of carbonyl (C=O) groups excluding carboxylic acids is 1. The van der Waals surface area contributed by atoms with Gasteiger partial charge in [0.2, 0.25) is 5.91 Å². The first kappa shape index (κ1) is 17.0. The lowest BCUT2D eigenvalue weighted by atomic mass is 10.1. The van der Waals surface area contributed by atoms with Crippen molar-refractivity contribution < 1.29 is 13.9 Å². The molecule has 25 heavy (non-hydrogen) atoms. The first-order valence-electron chi connectivity index (χ1n) is 8.13. The molecule has 0 radical (unpaired) electrons. The van der Waals surface area contributed by atoms with Crippen molar-refractivity contribution in [2.45, 2.75) is 25.8 Å². The summed E-state index contributed by atoms with van der Waals surface area (Å²) in [4.78, 5) is 19.8. The minimum absolute atomic E-state index is 0.107. The van der Waals surface area contributed by atoms with Crippen LogP contribution in [0.25, 0.3) is 11.0 Å². The Hall–Kier alpha value is -2.89. The van der Waals surface area contributed by atoms with E-state index in [1.54, 1.807) is 12.1 Å². The third-order valence-corrected chi connectivity index (χ3v) is 4.08. The van der Waals surface area contributed by atoms with Gasteiger partial charge >= 0.3 is 0 Å². The summed E-state index contributed by atoms with van der Waals surface area (Å²) in [7, 11) is 1.42. The van der Waals surface area contributed by atoms with Crippen molar-refractivity contribution in [1.82, 2.24) is 15.3 Å². The largest absolute Gasteiger partial charge is 0.494 e. The van der Waals surface area contributed by atoms with Crippen LogP contribution < -0.4 is 10.1 Å². The van der Waals surface area contributed by atoms with Gasteiger partial charge in [-0.2, -0.15) is 0 Å². The van der Waals surface area contributed by atoms with Crippen LogP contribution in [0.1, 0.15) is 30.8 Å². The number of hydrogen-bond donors (Lipinski definition) is 2. The molecular weight excluding hydrogens is 321 g/mol. The highest BCUT2D eigenvalue weighted by atomic mass is 19.1. The van der Waals surface area contributed by atoms with Crippen LogP contribution in [-0.4, -0.2) is 23.0 Å². The zero-order valence-corrected chi connectivity index (χ0v) is 14.2. The highest BCUT2D eigenvalue weighted by molar-refractivity contribution is 5.77. The fourth-order valence-corrected chi connectivity index (χ4v) is 2.70. The Morgan fingerprint density at radius 3 is 2.84 bits per heavy atom. The van der Waals surface area contributed by atoms with E-state index in [1.165, 1.54) is 13.2 Å². The summed E-state index contributed by atoms with van der Waals surface area (Å²) < 4.78 is 18.7. The molecule has 0 fully saturated rings. The second-order valence-corrected chi connectivity index (χ2v) is 5.88. The topological polar surface area (TPSA) is 67.0 Å². The molecule has 130 valence electrons. The van der Waals surface area contributed by atoms with E-state index in [0.29, 0.717) is 18.4 Å². The van der Waals surface area contributed by atoms with Crippen molar-refractivity contribution in [2.24, 2.45) is 0 Å². The van der Waals surface area contributed by atoms with Gasteiger partial charge in [0.25, 0.3) is 0 Å². The summed E-state index contributed by atoms with van der Waals surface area (Å²) in [5, 5.41) is 2.88. The Kier molecular flexibility index (Phi) is 4.97. The summed E-state index contributed by atoms with van der Waals surface area (Å²) in [6.45, 7) is 1.82. The Bertz CT molecular complexity index is 858. The highest BCUT2D eigenvalue weighted by Gasteiger charge is 2.13. The predicted molar refractivity (Wildman–Crippen MR) is 93.9 cm³/mol. The number of fused-ring (bicyclic) bond motifs is 1. The maximum Gasteiger partial charge on any atom is 0.220 e. The van der Waals surface area contributed by atoms with Gasteiger partial charge in [0.15, 0.2) is 11.6 Å². The van der Waals surface area contributed by atoms with Gasteiger partial charge in [-0.3, -0.25) is 4.79 Å². The fourth-order valence-electron chi connectivity index (χ4n) is 2.70. The molecule has 0 saturated carbocycles. The van der Waals surface area contributed by atoms with E-state index in [1.807, 2.05) is 31.2 Å². The van der Waals surface area contributed by atoms with E-state index in [0.717, 1.165) is 16.9 Å². The minimum atomic E-state index is -0.441.